The van der Waals surface area contributed by atoms with Crippen molar-refractivity contribution in [2.24, 2.45) is 0 Å². The molecule has 16 heteroatoms. The van der Waals surface area contributed by atoms with Gasteiger partial charge in [-0.15, -0.1) is 0 Å². The standard InChI is InChI=1S/C32H62O16/c1-32(2,3)48-30(33)5-6-36-7-8-37-9-10-38-11-12-39-13-14-40-15-16-41-17-18-42-19-20-43-21-22-44-23-24-45-25-26-46-27-28-47-29-31(34)35-4/h5-29H2,1-4H3. The molecule has 0 aliphatic heterocycles. The van der Waals surface area contributed by atoms with Crippen LogP contribution in [0.5, 0.6) is 0 Å². The van der Waals surface area contributed by atoms with E-state index in [4.69, 9.17) is 61.6 Å². The zero-order valence-corrected chi connectivity index (χ0v) is 29.7. The van der Waals surface area contributed by atoms with Crippen LogP contribution in [0.2, 0.25) is 0 Å². The number of ether oxygens (including phenoxy) is 14. The number of hydrogen-bond donors (Lipinski definition) is 0. The second-order valence-electron chi connectivity index (χ2n) is 10.7. The van der Waals surface area contributed by atoms with Gasteiger partial charge in [0, 0.05) is 0 Å². The maximum atomic E-state index is 11.6. The van der Waals surface area contributed by atoms with Crippen LogP contribution < -0.4 is 0 Å². The van der Waals surface area contributed by atoms with Crippen LogP contribution in [0.15, 0.2) is 0 Å². The molecule has 0 aromatic rings. The van der Waals surface area contributed by atoms with Crippen molar-refractivity contribution in [1.29, 1.82) is 0 Å². The third-order valence-corrected chi connectivity index (χ3v) is 5.41. The molecule has 0 rings (SSSR count). The number of esters is 2. The van der Waals surface area contributed by atoms with Gasteiger partial charge in [-0.25, -0.2) is 4.79 Å². The van der Waals surface area contributed by atoms with Crippen LogP contribution in [0.4, 0.5) is 0 Å². The molecular formula is C32H62O16. The summed E-state index contributed by atoms with van der Waals surface area (Å²) in [4.78, 5) is 22.4. The van der Waals surface area contributed by atoms with Crippen molar-refractivity contribution < 1.29 is 75.9 Å². The number of carbonyl (C=O) groups is 2. The van der Waals surface area contributed by atoms with Gasteiger partial charge in [0.1, 0.15) is 12.2 Å². The predicted molar refractivity (Wildman–Crippen MR) is 172 cm³/mol. The van der Waals surface area contributed by atoms with Gasteiger partial charge in [0.2, 0.25) is 0 Å². The molecule has 0 spiro atoms. The molecule has 48 heavy (non-hydrogen) atoms. The van der Waals surface area contributed by atoms with E-state index in [1.165, 1.54) is 7.11 Å². The first-order chi connectivity index (χ1) is 23.3. The van der Waals surface area contributed by atoms with Crippen LogP contribution >= 0.6 is 0 Å². The minimum Gasteiger partial charge on any atom is -0.467 e. The van der Waals surface area contributed by atoms with Crippen LogP contribution in [-0.4, -0.2) is 183 Å². The zero-order chi connectivity index (χ0) is 35.2. The quantitative estimate of drug-likeness (QED) is 0.0663. The molecule has 0 unspecified atom stereocenters. The summed E-state index contributed by atoms with van der Waals surface area (Å²) in [5, 5.41) is 0. The lowest BCUT2D eigenvalue weighted by Gasteiger charge is -2.19. The Hall–Kier alpha value is -1.54. The summed E-state index contributed by atoms with van der Waals surface area (Å²) in [6.07, 6.45) is 0.227. The van der Waals surface area contributed by atoms with Crippen molar-refractivity contribution in [3.63, 3.8) is 0 Å². The van der Waals surface area contributed by atoms with E-state index >= 15 is 0 Å². The molecule has 0 heterocycles. The van der Waals surface area contributed by atoms with Crippen LogP contribution in [0.25, 0.3) is 0 Å². The number of methoxy groups -OCH3 is 1. The van der Waals surface area contributed by atoms with Gasteiger partial charge in [-0.1, -0.05) is 0 Å². The molecule has 0 atom stereocenters. The van der Waals surface area contributed by atoms with Gasteiger partial charge in [-0.2, -0.15) is 0 Å². The summed E-state index contributed by atoms with van der Waals surface area (Å²) in [5.74, 6) is -0.680. The Morgan fingerprint density at radius 3 is 0.812 bits per heavy atom. The normalized spacial score (nSPS) is 11.7. The Morgan fingerprint density at radius 2 is 0.583 bits per heavy atom. The molecule has 286 valence electrons. The molecule has 0 saturated carbocycles. The fraction of sp³-hybridized carbons (Fsp3) is 0.938. The van der Waals surface area contributed by atoms with Crippen LogP contribution in [0.3, 0.4) is 0 Å². The Balaban J connectivity index is 3.10. The maximum Gasteiger partial charge on any atom is 0.331 e. The van der Waals surface area contributed by atoms with Crippen molar-refractivity contribution in [3.8, 4) is 0 Å². The van der Waals surface area contributed by atoms with E-state index in [0.717, 1.165) is 0 Å². The first kappa shape index (κ1) is 46.5. The SMILES string of the molecule is COC(=O)COCCOCCOCCOCCOCCOCCOCCOCCOCCOCCOCCOCCC(=O)OC(C)(C)C. The van der Waals surface area contributed by atoms with Crippen molar-refractivity contribution in [2.75, 3.05) is 166 Å². The lowest BCUT2D eigenvalue weighted by atomic mass is 10.2. The van der Waals surface area contributed by atoms with E-state index in [1.807, 2.05) is 20.8 Å². The van der Waals surface area contributed by atoms with E-state index in [0.29, 0.717) is 152 Å². The molecule has 16 nitrogen and oxygen atoms in total. The summed E-state index contributed by atoms with van der Waals surface area (Å²) < 4.78 is 74.4. The number of rotatable bonds is 38. The second-order valence-corrected chi connectivity index (χ2v) is 10.7. The molecule has 0 N–H and O–H groups in total. The maximum absolute atomic E-state index is 11.6. The smallest absolute Gasteiger partial charge is 0.331 e. The first-order valence-electron chi connectivity index (χ1n) is 16.6. The molecule has 0 bridgehead atoms. The van der Waals surface area contributed by atoms with Crippen molar-refractivity contribution in [2.45, 2.75) is 32.8 Å². The van der Waals surface area contributed by atoms with E-state index in [2.05, 4.69) is 4.74 Å². The average Bonchev–Trinajstić information content (AvgIpc) is 3.05. The van der Waals surface area contributed by atoms with Crippen molar-refractivity contribution in [1.82, 2.24) is 0 Å². The Kier molecular flexibility index (Phi) is 35.6. The van der Waals surface area contributed by atoms with Crippen molar-refractivity contribution in [3.05, 3.63) is 0 Å². The average molecular weight is 703 g/mol. The monoisotopic (exact) mass is 702 g/mol. The van der Waals surface area contributed by atoms with Crippen molar-refractivity contribution >= 4 is 11.9 Å². The van der Waals surface area contributed by atoms with E-state index in [1.54, 1.807) is 0 Å². The highest BCUT2D eigenvalue weighted by Gasteiger charge is 2.15. The summed E-state index contributed by atoms with van der Waals surface area (Å²) in [5.41, 5.74) is -0.478. The first-order valence-corrected chi connectivity index (χ1v) is 16.6. The summed E-state index contributed by atoms with van der Waals surface area (Å²) in [6.45, 7) is 15.9. The predicted octanol–water partition coefficient (Wildman–Crippen LogP) is 1.09. The fourth-order valence-electron chi connectivity index (χ4n) is 3.18. The lowest BCUT2D eigenvalue weighted by Crippen LogP contribution is -2.24. The molecule has 0 amide bonds. The topological polar surface area (TPSA) is 163 Å². The molecular weight excluding hydrogens is 640 g/mol. The van der Waals surface area contributed by atoms with Crippen LogP contribution in [0, 0.1) is 0 Å². The van der Waals surface area contributed by atoms with Gasteiger partial charge in [-0.05, 0) is 20.8 Å². The highest BCUT2D eigenvalue weighted by molar-refractivity contribution is 5.70. The molecule has 0 aliphatic rings. The van der Waals surface area contributed by atoms with E-state index in [-0.39, 0.29) is 19.0 Å². The van der Waals surface area contributed by atoms with Gasteiger partial charge < -0.3 is 66.3 Å². The third kappa shape index (κ3) is 40.6. The molecule has 0 radical (unpaired) electrons. The summed E-state index contributed by atoms with van der Waals surface area (Å²) >= 11 is 0. The Bertz CT molecular complexity index is 692. The number of hydrogen-bond acceptors (Lipinski definition) is 16. The molecule has 0 aliphatic carbocycles. The number of carbonyl (C=O) groups excluding carboxylic acids is 2. The van der Waals surface area contributed by atoms with E-state index < -0.39 is 11.6 Å². The van der Waals surface area contributed by atoms with Gasteiger partial charge in [0.05, 0.1) is 165 Å². The highest BCUT2D eigenvalue weighted by atomic mass is 16.6. The van der Waals surface area contributed by atoms with Gasteiger partial charge in [0.25, 0.3) is 0 Å². The van der Waals surface area contributed by atoms with Gasteiger partial charge >= 0.3 is 11.9 Å². The van der Waals surface area contributed by atoms with Crippen LogP contribution in [0.1, 0.15) is 27.2 Å². The van der Waals surface area contributed by atoms with E-state index in [9.17, 15) is 9.59 Å². The Labute approximate surface area is 286 Å². The van der Waals surface area contributed by atoms with Gasteiger partial charge in [0.15, 0.2) is 0 Å². The molecule has 0 saturated heterocycles. The minimum absolute atomic E-state index is 0.0746. The molecule has 0 aromatic carbocycles. The molecule has 0 aromatic heterocycles. The lowest BCUT2D eigenvalue weighted by molar-refractivity contribution is -0.156. The summed E-state index contributed by atoms with van der Waals surface area (Å²) in [7, 11) is 1.31. The minimum atomic E-state index is -0.478. The highest BCUT2D eigenvalue weighted by Crippen LogP contribution is 2.08. The fourth-order valence-corrected chi connectivity index (χ4v) is 3.18. The molecule has 0 fully saturated rings. The largest absolute Gasteiger partial charge is 0.467 e. The zero-order valence-electron chi connectivity index (χ0n) is 29.7. The Morgan fingerprint density at radius 1 is 0.354 bits per heavy atom. The van der Waals surface area contributed by atoms with Gasteiger partial charge in [-0.3, -0.25) is 4.79 Å². The summed E-state index contributed by atoms with van der Waals surface area (Å²) in [6, 6.07) is 0. The third-order valence-electron chi connectivity index (χ3n) is 5.41. The second kappa shape index (κ2) is 36.7. The van der Waals surface area contributed by atoms with Crippen LogP contribution in [-0.2, 0) is 75.9 Å².